The van der Waals surface area contributed by atoms with Crippen molar-refractivity contribution in [1.29, 1.82) is 0 Å². The van der Waals surface area contributed by atoms with Gasteiger partial charge in [0.2, 0.25) is 17.7 Å². The summed E-state index contributed by atoms with van der Waals surface area (Å²) in [7, 11) is 0. The molecule has 0 spiro atoms. The molecule has 4 atom stereocenters. The molecule has 0 fully saturated rings. The van der Waals surface area contributed by atoms with Gasteiger partial charge >= 0.3 is 11.9 Å². The van der Waals surface area contributed by atoms with Crippen molar-refractivity contribution in [3.8, 4) is 0 Å². The summed E-state index contributed by atoms with van der Waals surface area (Å²) in [5, 5.41) is 33.4. The van der Waals surface area contributed by atoms with Crippen molar-refractivity contribution in [3.05, 3.63) is 0 Å². The Morgan fingerprint density at radius 1 is 0.897 bits per heavy atom. The summed E-state index contributed by atoms with van der Waals surface area (Å²) >= 11 is 0. The van der Waals surface area contributed by atoms with Crippen LogP contribution in [0.2, 0.25) is 0 Å². The first-order valence-corrected chi connectivity index (χ1v) is 8.95. The van der Waals surface area contributed by atoms with Crippen LogP contribution in [0, 0.1) is 0 Å². The van der Waals surface area contributed by atoms with Gasteiger partial charge in [-0.25, -0.2) is 0 Å². The molecule has 0 heterocycles. The van der Waals surface area contributed by atoms with E-state index in [0.29, 0.717) is 19.4 Å². The van der Waals surface area contributed by atoms with Crippen LogP contribution >= 0.6 is 0 Å². The molecule has 29 heavy (non-hydrogen) atoms. The van der Waals surface area contributed by atoms with Crippen molar-refractivity contribution in [2.24, 2.45) is 11.5 Å². The second kappa shape index (κ2) is 13.4. The summed E-state index contributed by atoms with van der Waals surface area (Å²) < 4.78 is 0. The van der Waals surface area contributed by atoms with Gasteiger partial charge in [-0.1, -0.05) is 0 Å². The number of carbonyl (C=O) groups excluding carboxylic acids is 3. The molecule has 13 nitrogen and oxygen atoms in total. The van der Waals surface area contributed by atoms with Gasteiger partial charge in [0.25, 0.3) is 0 Å². The topological polar surface area (TPSA) is 234 Å². The quantitative estimate of drug-likeness (QED) is 0.129. The van der Waals surface area contributed by atoms with Crippen LogP contribution in [-0.4, -0.2) is 82.3 Å². The summed E-state index contributed by atoms with van der Waals surface area (Å²) in [5.74, 6) is -5.41. The summed E-state index contributed by atoms with van der Waals surface area (Å²) in [6.45, 7) is 0.863. The predicted molar refractivity (Wildman–Crippen MR) is 99.3 cm³/mol. The van der Waals surface area contributed by atoms with E-state index < -0.39 is 66.9 Å². The van der Waals surface area contributed by atoms with Crippen molar-refractivity contribution < 1.29 is 39.3 Å². The minimum Gasteiger partial charge on any atom is -0.481 e. The molecule has 10 N–H and O–H groups in total. The van der Waals surface area contributed by atoms with Crippen LogP contribution in [0.15, 0.2) is 0 Å². The monoisotopic (exact) mass is 419 g/mol. The number of carboxylic acid groups (broad SMARTS) is 2. The number of aliphatic hydroxyl groups is 1. The fourth-order valence-electron chi connectivity index (χ4n) is 2.16. The number of unbranched alkanes of at least 4 members (excludes halogenated alkanes) is 1. The Morgan fingerprint density at radius 3 is 1.93 bits per heavy atom. The zero-order chi connectivity index (χ0) is 22.6. The van der Waals surface area contributed by atoms with Crippen LogP contribution in [0.4, 0.5) is 0 Å². The Labute approximate surface area is 167 Å². The normalized spacial score (nSPS) is 14.8. The lowest BCUT2D eigenvalue weighted by Crippen LogP contribution is -2.57. The average molecular weight is 419 g/mol. The maximum Gasteiger partial charge on any atom is 0.325 e. The zero-order valence-corrected chi connectivity index (χ0v) is 16.1. The third-order valence-electron chi connectivity index (χ3n) is 3.85. The molecule has 4 unspecified atom stereocenters. The maximum atomic E-state index is 12.6. The van der Waals surface area contributed by atoms with Gasteiger partial charge in [-0.3, -0.25) is 24.0 Å². The lowest BCUT2D eigenvalue weighted by molar-refractivity contribution is -0.143. The first-order chi connectivity index (χ1) is 13.5. The highest BCUT2D eigenvalue weighted by Crippen LogP contribution is 2.04. The first kappa shape index (κ1) is 26.2. The largest absolute Gasteiger partial charge is 0.481 e. The van der Waals surface area contributed by atoms with Crippen molar-refractivity contribution in [2.45, 2.75) is 56.8 Å². The minimum absolute atomic E-state index is 0.125. The second-order valence-electron chi connectivity index (χ2n) is 6.36. The molecule has 0 aliphatic carbocycles. The van der Waals surface area contributed by atoms with Gasteiger partial charge in [0.05, 0.1) is 13.0 Å². The molecule has 0 saturated carbocycles. The van der Waals surface area contributed by atoms with E-state index in [9.17, 15) is 24.0 Å². The van der Waals surface area contributed by atoms with Crippen LogP contribution in [0.5, 0.6) is 0 Å². The highest BCUT2D eigenvalue weighted by Gasteiger charge is 2.30. The molecule has 0 rings (SSSR count). The Morgan fingerprint density at radius 2 is 1.45 bits per heavy atom. The number of nitrogens with two attached hydrogens (primary N) is 2. The fraction of sp³-hybridized carbons (Fsp3) is 0.688. The van der Waals surface area contributed by atoms with E-state index in [1.807, 2.05) is 0 Å². The molecular formula is C16H29N5O8. The molecule has 166 valence electrons. The van der Waals surface area contributed by atoms with Gasteiger partial charge in [-0.15, -0.1) is 0 Å². The minimum atomic E-state index is -1.57. The molecule has 0 radical (unpaired) electrons. The molecule has 0 aromatic carbocycles. The van der Waals surface area contributed by atoms with Gasteiger partial charge in [0, 0.05) is 0 Å². The summed E-state index contributed by atoms with van der Waals surface area (Å²) in [6.07, 6.45) is 0.305. The molecule has 0 aliphatic rings. The van der Waals surface area contributed by atoms with Crippen LogP contribution in [-0.2, 0) is 24.0 Å². The molecule has 0 bridgehead atoms. The van der Waals surface area contributed by atoms with Crippen LogP contribution in [0.25, 0.3) is 0 Å². The van der Waals surface area contributed by atoms with Crippen LogP contribution in [0.3, 0.4) is 0 Å². The molecule has 0 aliphatic heterocycles. The average Bonchev–Trinajstić information content (AvgIpc) is 2.65. The van der Waals surface area contributed by atoms with Crippen molar-refractivity contribution in [3.63, 3.8) is 0 Å². The first-order valence-electron chi connectivity index (χ1n) is 8.95. The Bertz CT molecular complexity index is 600. The number of amides is 3. The lowest BCUT2D eigenvalue weighted by atomic mass is 10.1. The molecule has 0 aromatic heterocycles. The van der Waals surface area contributed by atoms with E-state index in [4.69, 9.17) is 26.8 Å². The van der Waals surface area contributed by atoms with E-state index in [-0.39, 0.29) is 6.42 Å². The van der Waals surface area contributed by atoms with Crippen LogP contribution < -0.4 is 27.4 Å². The number of rotatable bonds is 14. The predicted octanol–water partition coefficient (Wildman–Crippen LogP) is -3.53. The fourth-order valence-corrected chi connectivity index (χ4v) is 2.16. The second-order valence-corrected chi connectivity index (χ2v) is 6.36. The van der Waals surface area contributed by atoms with E-state index in [1.165, 1.54) is 6.92 Å². The number of hydrogen-bond donors (Lipinski definition) is 8. The van der Waals surface area contributed by atoms with Crippen molar-refractivity contribution in [1.82, 2.24) is 16.0 Å². The zero-order valence-electron chi connectivity index (χ0n) is 16.1. The van der Waals surface area contributed by atoms with E-state index in [0.717, 1.165) is 0 Å². The number of aliphatic carboxylic acids is 2. The summed E-state index contributed by atoms with van der Waals surface area (Å²) in [4.78, 5) is 58.5. The number of carboxylic acids is 2. The van der Waals surface area contributed by atoms with Crippen LogP contribution in [0.1, 0.15) is 32.6 Å². The molecule has 13 heteroatoms. The summed E-state index contributed by atoms with van der Waals surface area (Å²) in [5.41, 5.74) is 10.8. The van der Waals surface area contributed by atoms with Gasteiger partial charge in [0.1, 0.15) is 24.2 Å². The SMILES string of the molecule is CC(NC(=O)C(CC(=O)O)NC(=O)C(CCCCN)NC(=O)C(N)CO)C(=O)O. The molecule has 0 aromatic rings. The highest BCUT2D eigenvalue weighted by atomic mass is 16.4. The molecular weight excluding hydrogens is 390 g/mol. The van der Waals surface area contributed by atoms with E-state index in [2.05, 4.69) is 16.0 Å². The summed E-state index contributed by atoms with van der Waals surface area (Å²) in [6, 6.07) is -5.30. The van der Waals surface area contributed by atoms with Crippen molar-refractivity contribution >= 4 is 29.7 Å². The number of hydrogen-bond acceptors (Lipinski definition) is 8. The van der Waals surface area contributed by atoms with E-state index >= 15 is 0 Å². The number of aliphatic hydroxyl groups excluding tert-OH is 1. The smallest absolute Gasteiger partial charge is 0.325 e. The standard InChI is InChI=1S/C16H29N5O8/c1-8(16(28)29)19-15(27)11(6-12(23)24)21-14(26)10(4-2-3-5-17)20-13(25)9(18)7-22/h8-11,22H,2-7,17-18H2,1H3,(H,19,27)(H,20,25)(H,21,26)(H,23,24)(H,28,29). The third kappa shape index (κ3) is 10.4. The van der Waals surface area contributed by atoms with Gasteiger partial charge in [-0.2, -0.15) is 0 Å². The Kier molecular flexibility index (Phi) is 12.1. The van der Waals surface area contributed by atoms with Gasteiger partial charge in [-0.05, 0) is 32.7 Å². The molecule has 3 amide bonds. The highest BCUT2D eigenvalue weighted by molar-refractivity contribution is 5.95. The third-order valence-corrected chi connectivity index (χ3v) is 3.85. The molecule has 0 saturated heterocycles. The van der Waals surface area contributed by atoms with Gasteiger partial charge < -0.3 is 42.7 Å². The number of carbonyl (C=O) groups is 5. The van der Waals surface area contributed by atoms with Crippen molar-refractivity contribution in [2.75, 3.05) is 13.2 Å². The number of nitrogens with one attached hydrogen (secondary N) is 3. The Balaban J connectivity index is 5.30. The van der Waals surface area contributed by atoms with Gasteiger partial charge in [0.15, 0.2) is 0 Å². The lowest BCUT2D eigenvalue weighted by Gasteiger charge is -2.24. The van der Waals surface area contributed by atoms with E-state index in [1.54, 1.807) is 0 Å². The maximum absolute atomic E-state index is 12.6. The Hall–Kier alpha value is -2.77.